The van der Waals surface area contributed by atoms with Crippen LogP contribution >= 0.6 is 43.2 Å². The van der Waals surface area contributed by atoms with E-state index < -0.39 is 12.0 Å². The molecule has 12 heteroatoms. The summed E-state index contributed by atoms with van der Waals surface area (Å²) in [7, 11) is 1.55. The van der Waals surface area contributed by atoms with Crippen LogP contribution in [0.1, 0.15) is 57.4 Å². The van der Waals surface area contributed by atoms with Crippen molar-refractivity contribution >= 4 is 61.1 Å². The highest BCUT2D eigenvalue weighted by molar-refractivity contribution is 9.11. The van der Waals surface area contributed by atoms with E-state index in [0.29, 0.717) is 48.9 Å². The lowest BCUT2D eigenvalue weighted by atomic mass is 9.95. The van der Waals surface area contributed by atoms with Gasteiger partial charge in [0.05, 0.1) is 46.6 Å². The molecule has 1 atom stereocenters. The molecule has 0 saturated carbocycles. The quantitative estimate of drug-likeness (QED) is 0.293. The molecule has 0 aliphatic carbocycles. The van der Waals surface area contributed by atoms with Gasteiger partial charge in [-0.3, -0.25) is 9.36 Å². The number of fused-ring (bicyclic) bond motifs is 1. The normalized spacial score (nSPS) is 17.4. The minimum atomic E-state index is -0.807. The Morgan fingerprint density at radius 1 is 1.12 bits per heavy atom. The van der Waals surface area contributed by atoms with Gasteiger partial charge < -0.3 is 23.5 Å². The maximum absolute atomic E-state index is 14.0. The number of piperidine rings is 1. The van der Waals surface area contributed by atoms with E-state index in [0.717, 1.165) is 36.3 Å². The van der Waals surface area contributed by atoms with Crippen molar-refractivity contribution in [3.05, 3.63) is 69.4 Å². The van der Waals surface area contributed by atoms with Crippen molar-refractivity contribution in [1.29, 1.82) is 0 Å². The van der Waals surface area contributed by atoms with Crippen molar-refractivity contribution in [3.8, 4) is 11.5 Å². The molecule has 9 nitrogen and oxygen atoms in total. The van der Waals surface area contributed by atoms with E-state index in [2.05, 4.69) is 41.8 Å². The highest BCUT2D eigenvalue weighted by Gasteiger charge is 2.35. The van der Waals surface area contributed by atoms with Gasteiger partial charge in [0.25, 0.3) is 5.56 Å². The lowest BCUT2D eigenvalue weighted by molar-refractivity contribution is -0.139. The summed E-state index contributed by atoms with van der Waals surface area (Å²) in [6, 6.07) is 4.64. The molecule has 4 heterocycles. The Hall–Kier alpha value is -2.83. The monoisotopic (exact) mass is 707 g/mol. The molecule has 0 spiro atoms. The molecular weight excluding hydrogens is 678 g/mol. The Balaban J connectivity index is 1.67. The lowest BCUT2D eigenvalue weighted by Crippen LogP contribution is -2.40. The van der Waals surface area contributed by atoms with Crippen molar-refractivity contribution in [3.63, 3.8) is 0 Å². The number of benzene rings is 1. The van der Waals surface area contributed by atoms with E-state index >= 15 is 0 Å². The maximum Gasteiger partial charge on any atom is 0.338 e. The first-order valence-electron chi connectivity index (χ1n) is 13.5. The first-order valence-corrected chi connectivity index (χ1v) is 15.9. The Morgan fingerprint density at radius 3 is 2.56 bits per heavy atom. The van der Waals surface area contributed by atoms with Gasteiger partial charge in [-0.15, -0.1) is 0 Å². The molecule has 218 valence electrons. The summed E-state index contributed by atoms with van der Waals surface area (Å²) in [6.45, 7) is 7.89. The van der Waals surface area contributed by atoms with Crippen molar-refractivity contribution in [2.75, 3.05) is 38.3 Å². The van der Waals surface area contributed by atoms with E-state index in [1.807, 2.05) is 13.0 Å². The molecule has 2 aromatic heterocycles. The zero-order valence-corrected chi connectivity index (χ0v) is 27.3. The largest absolute Gasteiger partial charge is 0.493 e. The number of halogens is 2. The topological polar surface area (TPSA) is 95.5 Å². The number of methoxy groups -OCH3 is 1. The van der Waals surface area contributed by atoms with Crippen LogP contribution in [0.15, 0.2) is 52.6 Å². The van der Waals surface area contributed by atoms with Crippen LogP contribution in [0.4, 0.5) is 5.88 Å². The number of aromatic nitrogens is 1. The highest BCUT2D eigenvalue weighted by Crippen LogP contribution is 2.41. The molecule has 41 heavy (non-hydrogen) atoms. The van der Waals surface area contributed by atoms with Crippen LogP contribution < -0.4 is 29.3 Å². The molecule has 0 N–H and O–H groups in total. The predicted molar refractivity (Wildman–Crippen MR) is 165 cm³/mol. The molecule has 1 aromatic carbocycles. The fourth-order valence-electron chi connectivity index (χ4n) is 5.16. The molecule has 2 aliphatic heterocycles. The Bertz CT molecular complexity index is 1680. The lowest BCUT2D eigenvalue weighted by Gasteiger charge is -2.26. The minimum Gasteiger partial charge on any atom is -0.493 e. The standard InChI is InChI=1S/C29H31Br2N3O6S/c1-5-38-22-15-19(30)18(14-21(22)37-4)25-24(28(36)39-6-2)16(3)32-29-34(25)26(35)23(41-29)13-17-12-20(31)27(40-17)33-10-8-7-9-11-33/h12-15,25H,5-11H2,1-4H3/b23-13+/t25-/m0/s1. The predicted octanol–water partition coefficient (Wildman–Crippen LogP) is 5.31. The third kappa shape index (κ3) is 5.78. The number of rotatable bonds is 8. The van der Waals surface area contributed by atoms with E-state index in [4.69, 9.17) is 18.6 Å². The van der Waals surface area contributed by atoms with Gasteiger partial charge in [0.2, 0.25) is 5.88 Å². The first-order chi connectivity index (χ1) is 19.8. The number of carbonyl (C=O) groups excluding carboxylic acids is 1. The smallest absolute Gasteiger partial charge is 0.338 e. The molecule has 3 aromatic rings. The molecule has 1 saturated heterocycles. The summed E-state index contributed by atoms with van der Waals surface area (Å²) in [4.78, 5) is 34.7. The molecule has 0 amide bonds. The van der Waals surface area contributed by atoms with Gasteiger partial charge in [0.1, 0.15) is 5.76 Å². The van der Waals surface area contributed by atoms with Gasteiger partial charge >= 0.3 is 5.97 Å². The summed E-state index contributed by atoms with van der Waals surface area (Å²) in [6.07, 6.45) is 5.19. The van der Waals surface area contributed by atoms with Crippen molar-refractivity contribution in [1.82, 2.24) is 4.57 Å². The Kier molecular flexibility index (Phi) is 9.10. The molecule has 0 radical (unpaired) electrons. The number of anilines is 1. The Labute approximate surface area is 258 Å². The summed E-state index contributed by atoms with van der Waals surface area (Å²) in [5.41, 5.74) is 1.11. The van der Waals surface area contributed by atoms with Gasteiger partial charge in [0, 0.05) is 29.7 Å². The van der Waals surface area contributed by atoms with E-state index in [9.17, 15) is 9.59 Å². The third-order valence-corrected chi connectivity index (χ3v) is 9.24. The van der Waals surface area contributed by atoms with Crippen molar-refractivity contribution in [2.45, 2.75) is 46.1 Å². The van der Waals surface area contributed by atoms with Crippen molar-refractivity contribution < 1.29 is 23.4 Å². The summed E-state index contributed by atoms with van der Waals surface area (Å²) < 4.78 is 26.4. The third-order valence-electron chi connectivity index (χ3n) is 7.00. The summed E-state index contributed by atoms with van der Waals surface area (Å²) in [5.74, 6) is 1.82. The summed E-state index contributed by atoms with van der Waals surface area (Å²) >= 11 is 8.52. The number of nitrogens with zero attached hydrogens (tertiary/aromatic N) is 3. The second-order valence-electron chi connectivity index (χ2n) is 9.61. The van der Waals surface area contributed by atoms with Gasteiger partial charge in [-0.05, 0) is 73.7 Å². The maximum atomic E-state index is 14.0. The molecule has 1 fully saturated rings. The average Bonchev–Trinajstić information content (AvgIpc) is 3.47. The molecule has 0 unspecified atom stereocenters. The van der Waals surface area contributed by atoms with Gasteiger partial charge in [-0.25, -0.2) is 9.79 Å². The van der Waals surface area contributed by atoms with Crippen LogP contribution in [0.3, 0.4) is 0 Å². The number of hydrogen-bond acceptors (Lipinski definition) is 9. The first kappa shape index (κ1) is 29.7. The van der Waals surface area contributed by atoms with Crippen LogP contribution in [0.2, 0.25) is 0 Å². The Morgan fingerprint density at radius 2 is 1.88 bits per heavy atom. The van der Waals surface area contributed by atoms with E-state index in [1.54, 1.807) is 43.7 Å². The van der Waals surface area contributed by atoms with Crippen molar-refractivity contribution in [2.24, 2.45) is 4.99 Å². The average molecular weight is 709 g/mol. The number of thiazole rings is 1. The van der Waals surface area contributed by atoms with E-state index in [-0.39, 0.29) is 17.7 Å². The zero-order valence-electron chi connectivity index (χ0n) is 23.3. The SMILES string of the molecule is CCOC(=O)C1=C(C)N=c2s/c(=C/c3cc(Br)c(N4CCCCC4)o3)c(=O)n2[C@H]1c1cc(OC)c(OCC)cc1Br. The molecule has 2 aliphatic rings. The van der Waals surface area contributed by atoms with Gasteiger partial charge in [-0.2, -0.15) is 0 Å². The van der Waals surface area contributed by atoms with Gasteiger partial charge in [-0.1, -0.05) is 27.3 Å². The number of allylic oxidation sites excluding steroid dienone is 1. The van der Waals surface area contributed by atoms with Crippen LogP contribution in [0.25, 0.3) is 6.08 Å². The summed E-state index contributed by atoms with van der Waals surface area (Å²) in [5, 5.41) is 0. The number of carbonyl (C=O) groups is 1. The second-order valence-corrected chi connectivity index (χ2v) is 12.3. The van der Waals surface area contributed by atoms with Crippen LogP contribution in [0.5, 0.6) is 11.5 Å². The van der Waals surface area contributed by atoms with Gasteiger partial charge in [0.15, 0.2) is 16.3 Å². The number of ether oxygens (including phenoxy) is 3. The van der Waals surface area contributed by atoms with Crippen LogP contribution in [-0.2, 0) is 9.53 Å². The number of hydrogen-bond donors (Lipinski definition) is 0. The number of furan rings is 1. The number of esters is 1. The molecule has 5 rings (SSSR count). The van der Waals surface area contributed by atoms with Crippen LogP contribution in [0, 0.1) is 0 Å². The zero-order chi connectivity index (χ0) is 29.3. The fraction of sp³-hybridized carbons (Fsp3) is 0.414. The fourth-order valence-corrected chi connectivity index (χ4v) is 7.29. The highest BCUT2D eigenvalue weighted by atomic mass is 79.9. The minimum absolute atomic E-state index is 0.188. The second kappa shape index (κ2) is 12.6. The molecular formula is C29H31Br2N3O6S. The molecule has 0 bridgehead atoms. The van der Waals surface area contributed by atoms with E-state index in [1.165, 1.54) is 17.8 Å². The van der Waals surface area contributed by atoms with Crippen LogP contribution in [-0.4, -0.2) is 43.9 Å².